The molecule has 2 aromatic heterocycles. The number of likely N-dealkylation sites (tertiary alicyclic amines) is 1. The van der Waals surface area contributed by atoms with Gasteiger partial charge >= 0.3 is 5.97 Å². The molecule has 2 N–H and O–H groups in total. The van der Waals surface area contributed by atoms with Crippen LogP contribution in [0.25, 0.3) is 16.3 Å². The van der Waals surface area contributed by atoms with Crippen molar-refractivity contribution >= 4 is 23.2 Å². The Balaban J connectivity index is 1.66. The van der Waals surface area contributed by atoms with Crippen molar-refractivity contribution in [1.82, 2.24) is 14.7 Å². The van der Waals surface area contributed by atoms with Crippen molar-refractivity contribution in [3.05, 3.63) is 59.6 Å². The third kappa shape index (κ3) is 3.32. The van der Waals surface area contributed by atoms with Crippen LogP contribution in [0.3, 0.4) is 0 Å². The van der Waals surface area contributed by atoms with Crippen molar-refractivity contribution in [2.75, 3.05) is 13.1 Å². The van der Waals surface area contributed by atoms with Crippen molar-refractivity contribution in [1.29, 1.82) is 0 Å². The molecule has 4 rings (SSSR count). The summed E-state index contributed by atoms with van der Waals surface area (Å²) in [6, 6.07) is 13.4. The molecule has 0 atom stereocenters. The van der Waals surface area contributed by atoms with E-state index >= 15 is 0 Å². The summed E-state index contributed by atoms with van der Waals surface area (Å²) in [5.74, 6) is -1.45. The van der Waals surface area contributed by atoms with Crippen LogP contribution in [-0.2, 0) is 4.79 Å². The minimum absolute atomic E-state index is 0.00916. The van der Waals surface area contributed by atoms with Gasteiger partial charge in [0.1, 0.15) is 5.69 Å². The quantitative estimate of drug-likeness (QED) is 0.706. The summed E-state index contributed by atoms with van der Waals surface area (Å²) in [5.41, 5.74) is 0.148. The second kappa shape index (κ2) is 7.21. The molecule has 1 amide bonds. The monoisotopic (exact) mass is 397 g/mol. The smallest absolute Gasteiger partial charge is 0.335 e. The third-order valence-electron chi connectivity index (χ3n) is 5.00. The summed E-state index contributed by atoms with van der Waals surface area (Å²) in [7, 11) is 0. The number of thiophene rings is 1. The lowest BCUT2D eigenvalue weighted by atomic mass is 9.91. The normalized spacial score (nSPS) is 16.1. The van der Waals surface area contributed by atoms with Crippen LogP contribution in [0.4, 0.5) is 0 Å². The van der Waals surface area contributed by atoms with Crippen LogP contribution < -0.4 is 0 Å². The molecule has 1 aliphatic heterocycles. The number of hydrogen-bond acceptors (Lipinski definition) is 5. The Morgan fingerprint density at radius 2 is 1.79 bits per heavy atom. The molecular weight excluding hydrogens is 378 g/mol. The highest BCUT2D eigenvalue weighted by Gasteiger charge is 2.41. The number of hydrogen-bond donors (Lipinski definition) is 2. The molecule has 0 unspecified atom stereocenters. The number of piperidine rings is 1. The highest BCUT2D eigenvalue weighted by atomic mass is 32.1. The summed E-state index contributed by atoms with van der Waals surface area (Å²) < 4.78 is 1.68. The van der Waals surface area contributed by atoms with Crippen molar-refractivity contribution in [3.8, 4) is 16.3 Å². The van der Waals surface area contributed by atoms with Gasteiger partial charge in [-0.3, -0.25) is 4.79 Å². The first kappa shape index (κ1) is 18.4. The van der Waals surface area contributed by atoms with Crippen LogP contribution in [0.1, 0.15) is 23.2 Å². The van der Waals surface area contributed by atoms with Gasteiger partial charge < -0.3 is 15.1 Å². The van der Waals surface area contributed by atoms with E-state index in [2.05, 4.69) is 5.10 Å². The van der Waals surface area contributed by atoms with Gasteiger partial charge in [-0.2, -0.15) is 5.10 Å². The average Bonchev–Trinajstić information content (AvgIpc) is 3.38. The molecule has 3 aromatic rings. The van der Waals surface area contributed by atoms with Gasteiger partial charge in [0.2, 0.25) is 0 Å². The summed E-state index contributed by atoms with van der Waals surface area (Å²) in [4.78, 5) is 26.9. The number of carbonyl (C=O) groups is 2. The number of nitrogens with zero attached hydrogens (tertiary/aromatic N) is 3. The molecule has 0 bridgehead atoms. The number of aliphatic carboxylic acids is 1. The number of benzene rings is 1. The Hall–Kier alpha value is -2.97. The minimum Gasteiger partial charge on any atom is -0.479 e. The number of para-hydroxylation sites is 1. The Bertz CT molecular complexity index is 990. The highest BCUT2D eigenvalue weighted by molar-refractivity contribution is 7.13. The Kier molecular flexibility index (Phi) is 4.74. The van der Waals surface area contributed by atoms with Gasteiger partial charge in [0, 0.05) is 32.1 Å². The molecule has 0 spiro atoms. The van der Waals surface area contributed by atoms with Gasteiger partial charge in [-0.25, -0.2) is 9.48 Å². The Morgan fingerprint density at radius 3 is 2.39 bits per heavy atom. The predicted octanol–water partition coefficient (Wildman–Crippen LogP) is 2.65. The second-order valence-corrected chi connectivity index (χ2v) is 7.73. The van der Waals surface area contributed by atoms with Gasteiger partial charge in [0.15, 0.2) is 5.60 Å². The van der Waals surface area contributed by atoms with Crippen molar-refractivity contribution in [2.24, 2.45) is 0 Å². The lowest BCUT2D eigenvalue weighted by molar-refractivity contribution is -0.162. The molecule has 0 aliphatic carbocycles. The van der Waals surface area contributed by atoms with Gasteiger partial charge in [-0.1, -0.05) is 24.3 Å². The van der Waals surface area contributed by atoms with Crippen LogP contribution in [0.5, 0.6) is 0 Å². The Labute approximate surface area is 165 Å². The van der Waals surface area contributed by atoms with E-state index in [1.807, 2.05) is 47.8 Å². The molecule has 3 heterocycles. The molecular formula is C20H19N3O4S. The standard InChI is InChI=1S/C20H19N3O4S/c24-18(22-10-8-20(27,9-11-22)19(25)26)15-13-23(14-5-2-1-3-6-14)21-17(15)16-7-4-12-28-16/h1-7,12-13,27H,8-11H2,(H,25,26). The molecule has 1 fully saturated rings. The maximum atomic E-state index is 13.2. The first-order chi connectivity index (χ1) is 13.5. The summed E-state index contributed by atoms with van der Waals surface area (Å²) >= 11 is 1.50. The topological polar surface area (TPSA) is 95.7 Å². The van der Waals surface area contributed by atoms with Crippen molar-refractivity contribution in [2.45, 2.75) is 18.4 Å². The van der Waals surface area contributed by atoms with Gasteiger partial charge in [0.05, 0.1) is 16.1 Å². The SMILES string of the molecule is O=C(c1cn(-c2ccccc2)nc1-c1cccs1)N1CCC(O)(C(=O)O)CC1. The van der Waals surface area contributed by atoms with E-state index in [1.54, 1.807) is 15.8 Å². The van der Waals surface area contributed by atoms with E-state index in [9.17, 15) is 19.8 Å². The predicted molar refractivity (Wildman–Crippen MR) is 105 cm³/mol. The molecule has 0 radical (unpaired) electrons. The largest absolute Gasteiger partial charge is 0.479 e. The van der Waals surface area contributed by atoms with Crippen LogP contribution in [0, 0.1) is 0 Å². The molecule has 1 aliphatic rings. The number of aliphatic hydroxyl groups is 1. The maximum absolute atomic E-state index is 13.2. The fourth-order valence-electron chi connectivity index (χ4n) is 3.30. The van der Waals surface area contributed by atoms with E-state index in [0.717, 1.165) is 10.6 Å². The molecule has 0 saturated carbocycles. The van der Waals surface area contributed by atoms with Crippen LogP contribution >= 0.6 is 11.3 Å². The van der Waals surface area contributed by atoms with Crippen LogP contribution in [0.15, 0.2) is 54.0 Å². The molecule has 144 valence electrons. The van der Waals surface area contributed by atoms with E-state index < -0.39 is 11.6 Å². The number of carbonyl (C=O) groups excluding carboxylic acids is 1. The van der Waals surface area contributed by atoms with Crippen molar-refractivity contribution < 1.29 is 19.8 Å². The van der Waals surface area contributed by atoms with Gasteiger partial charge in [0.25, 0.3) is 5.91 Å². The Morgan fingerprint density at radius 1 is 1.07 bits per heavy atom. The molecule has 1 saturated heterocycles. The minimum atomic E-state index is -1.76. The zero-order chi connectivity index (χ0) is 19.7. The third-order valence-corrected chi connectivity index (χ3v) is 5.87. The lowest BCUT2D eigenvalue weighted by Gasteiger charge is -2.35. The number of carboxylic acid groups (broad SMARTS) is 1. The summed E-state index contributed by atoms with van der Waals surface area (Å²) in [6.07, 6.45) is 1.73. The maximum Gasteiger partial charge on any atom is 0.335 e. The van der Waals surface area contributed by atoms with E-state index in [-0.39, 0.29) is 31.8 Å². The molecule has 1 aromatic carbocycles. The molecule has 28 heavy (non-hydrogen) atoms. The van der Waals surface area contributed by atoms with Crippen molar-refractivity contribution in [3.63, 3.8) is 0 Å². The lowest BCUT2D eigenvalue weighted by Crippen LogP contribution is -2.50. The highest BCUT2D eigenvalue weighted by Crippen LogP contribution is 2.30. The number of aromatic nitrogens is 2. The van der Waals surface area contributed by atoms with Gasteiger partial charge in [-0.15, -0.1) is 11.3 Å². The second-order valence-electron chi connectivity index (χ2n) is 6.78. The van der Waals surface area contributed by atoms with E-state index in [4.69, 9.17) is 0 Å². The average molecular weight is 397 g/mol. The van der Waals surface area contributed by atoms with E-state index in [0.29, 0.717) is 11.3 Å². The summed E-state index contributed by atoms with van der Waals surface area (Å²) in [5, 5.41) is 25.9. The van der Waals surface area contributed by atoms with E-state index in [1.165, 1.54) is 11.3 Å². The fourth-order valence-corrected chi connectivity index (χ4v) is 4.03. The zero-order valence-electron chi connectivity index (χ0n) is 15.0. The number of rotatable bonds is 4. The molecule has 7 nitrogen and oxygen atoms in total. The fraction of sp³-hybridized carbons (Fsp3) is 0.250. The number of carboxylic acids is 1. The van der Waals surface area contributed by atoms with Gasteiger partial charge in [-0.05, 0) is 23.6 Å². The summed E-state index contributed by atoms with van der Waals surface area (Å²) in [6.45, 7) is 0.365. The van der Waals surface area contributed by atoms with Crippen LogP contribution in [-0.4, -0.2) is 55.5 Å². The first-order valence-electron chi connectivity index (χ1n) is 8.92. The van der Waals surface area contributed by atoms with Crippen LogP contribution in [0.2, 0.25) is 0 Å². The molecule has 8 heteroatoms. The first-order valence-corrected chi connectivity index (χ1v) is 9.80. The number of amides is 1. The zero-order valence-corrected chi connectivity index (χ0v) is 15.8.